The van der Waals surface area contributed by atoms with Crippen LogP contribution in [0.3, 0.4) is 0 Å². The Morgan fingerprint density at radius 3 is 1.43 bits per heavy atom. The summed E-state index contributed by atoms with van der Waals surface area (Å²) < 4.78 is 60.6. The van der Waals surface area contributed by atoms with Gasteiger partial charge >= 0.3 is 0 Å². The van der Waals surface area contributed by atoms with Crippen LogP contribution in [0.2, 0.25) is 0 Å². The fourth-order valence-electron chi connectivity index (χ4n) is 3.50. The van der Waals surface area contributed by atoms with Crippen molar-refractivity contribution in [1.82, 2.24) is 0 Å². The molecule has 4 rings (SSSR count). The van der Waals surface area contributed by atoms with Crippen molar-refractivity contribution in [3.63, 3.8) is 0 Å². The van der Waals surface area contributed by atoms with E-state index in [4.69, 9.17) is 27.7 Å². The molecule has 8 N–H and O–H groups in total. The Morgan fingerprint density at radius 2 is 0.943 bits per heavy atom. The minimum atomic E-state index is -4.51. The highest BCUT2D eigenvalue weighted by Crippen LogP contribution is 2.49. The first-order chi connectivity index (χ1) is 16.6. The van der Waals surface area contributed by atoms with Crippen molar-refractivity contribution >= 4 is 42.4 Å². The lowest BCUT2D eigenvalue weighted by atomic mass is 10.2. The first kappa shape index (κ1) is 23.9. The van der Waals surface area contributed by atoms with Gasteiger partial charge in [0.25, 0.3) is 0 Å². The van der Waals surface area contributed by atoms with Gasteiger partial charge in [-0.1, -0.05) is 48.5 Å². The molecule has 0 heterocycles. The molecule has 9 nitrogen and oxygen atoms in total. The van der Waals surface area contributed by atoms with Gasteiger partial charge in [-0.3, -0.25) is 0 Å². The molecular weight excluding hydrogens is 488 g/mol. The van der Waals surface area contributed by atoms with Crippen LogP contribution in [0.4, 0.5) is 22.7 Å². The van der Waals surface area contributed by atoms with Crippen LogP contribution in [0.15, 0.2) is 105 Å². The molecule has 0 atom stereocenters. The first-order valence-corrected chi connectivity index (χ1v) is 13.2. The molecule has 0 radical (unpaired) electrons. The normalized spacial score (nSPS) is 11.8. The van der Waals surface area contributed by atoms with E-state index in [9.17, 15) is 16.8 Å². The molecule has 4 aromatic carbocycles. The molecule has 0 fully saturated rings. The number of hydrogen-bond acceptors (Lipinski definition) is 9. The van der Waals surface area contributed by atoms with Crippen LogP contribution in [0, 0.1) is 0 Å². The Bertz CT molecular complexity index is 1620. The van der Waals surface area contributed by atoms with E-state index in [2.05, 4.69) is 0 Å². The maximum atomic E-state index is 13.8. The summed E-state index contributed by atoms with van der Waals surface area (Å²) >= 11 is 0. The standard InChI is InChI=1S/C24H22N4O5S2/c25-17-13-7-8-14-18(17)33-22-19(26)20(27)23(34(29,30)15-9-3-1-4-10-15)24(21(22)28)35(31,32)16-11-5-2-6-12-16/h1-14H,25-28H2. The molecule has 0 bridgehead atoms. The topological polar surface area (TPSA) is 182 Å². The zero-order chi connectivity index (χ0) is 25.4. The van der Waals surface area contributed by atoms with Gasteiger partial charge in [-0.15, -0.1) is 0 Å². The number of sulfone groups is 2. The summed E-state index contributed by atoms with van der Waals surface area (Å²) in [5, 5.41) is 0. The number of ether oxygens (including phenoxy) is 1. The highest BCUT2D eigenvalue weighted by molar-refractivity contribution is 7.94. The second-order valence-electron chi connectivity index (χ2n) is 7.50. The summed E-state index contributed by atoms with van der Waals surface area (Å²) in [6.45, 7) is 0. The fourth-order valence-corrected chi connectivity index (χ4v) is 7.15. The van der Waals surface area contributed by atoms with E-state index in [0.29, 0.717) is 0 Å². The average molecular weight is 511 g/mol. The van der Waals surface area contributed by atoms with Crippen LogP contribution in [0.25, 0.3) is 0 Å². The van der Waals surface area contributed by atoms with Gasteiger partial charge in [0.1, 0.15) is 15.5 Å². The van der Waals surface area contributed by atoms with Crippen LogP contribution in [0.1, 0.15) is 0 Å². The molecule has 0 saturated heterocycles. The molecule has 0 saturated carbocycles. The lowest BCUT2D eigenvalue weighted by Crippen LogP contribution is -2.18. The number of benzene rings is 4. The van der Waals surface area contributed by atoms with Crippen molar-refractivity contribution < 1.29 is 21.6 Å². The summed E-state index contributed by atoms with van der Waals surface area (Å²) in [5.41, 5.74) is 23.5. The van der Waals surface area contributed by atoms with Gasteiger partial charge in [-0.25, -0.2) is 16.8 Å². The monoisotopic (exact) mass is 510 g/mol. The molecule has 0 amide bonds. The molecule has 180 valence electrons. The number of hydrogen-bond donors (Lipinski definition) is 4. The quantitative estimate of drug-likeness (QED) is 0.282. The maximum absolute atomic E-state index is 13.8. The third-order valence-corrected chi connectivity index (χ3v) is 9.09. The third kappa shape index (κ3) is 4.11. The lowest BCUT2D eigenvalue weighted by Gasteiger charge is -2.21. The molecule has 35 heavy (non-hydrogen) atoms. The highest BCUT2D eigenvalue weighted by Gasteiger charge is 2.37. The summed E-state index contributed by atoms with van der Waals surface area (Å²) in [6.07, 6.45) is 0. The van der Waals surface area contributed by atoms with Crippen molar-refractivity contribution in [2.24, 2.45) is 0 Å². The smallest absolute Gasteiger partial charge is 0.210 e. The Hall–Kier alpha value is -4.22. The first-order valence-electron chi connectivity index (χ1n) is 10.2. The van der Waals surface area contributed by atoms with Gasteiger partial charge in [0, 0.05) is 0 Å². The molecule has 0 unspecified atom stereocenters. The van der Waals surface area contributed by atoms with Gasteiger partial charge in [0.2, 0.25) is 19.7 Å². The fraction of sp³-hybridized carbons (Fsp3) is 0. The minimum Gasteiger partial charge on any atom is -0.451 e. The predicted octanol–water partition coefficient (Wildman–Crippen LogP) is 3.47. The van der Waals surface area contributed by atoms with Crippen LogP contribution in [-0.2, 0) is 19.7 Å². The number of nitrogen functional groups attached to an aromatic ring is 4. The van der Waals surface area contributed by atoms with E-state index < -0.39 is 40.8 Å². The highest BCUT2D eigenvalue weighted by atomic mass is 32.2. The van der Waals surface area contributed by atoms with Crippen LogP contribution in [-0.4, -0.2) is 16.8 Å². The van der Waals surface area contributed by atoms with Gasteiger partial charge in [-0.2, -0.15) is 0 Å². The SMILES string of the molecule is Nc1ccccc1Oc1c(N)c(N)c(S(=O)(=O)c2ccccc2)c(S(=O)(=O)c2ccccc2)c1N. The van der Waals surface area contributed by atoms with Gasteiger partial charge in [-0.05, 0) is 36.4 Å². The van der Waals surface area contributed by atoms with Crippen molar-refractivity contribution in [2.75, 3.05) is 22.9 Å². The van der Waals surface area contributed by atoms with Crippen molar-refractivity contribution in [3.8, 4) is 11.5 Å². The van der Waals surface area contributed by atoms with E-state index in [-0.39, 0.29) is 32.7 Å². The second-order valence-corrected chi connectivity index (χ2v) is 11.3. The van der Waals surface area contributed by atoms with Crippen molar-refractivity contribution in [2.45, 2.75) is 19.6 Å². The van der Waals surface area contributed by atoms with E-state index in [0.717, 1.165) is 0 Å². The number of rotatable bonds is 6. The second kappa shape index (κ2) is 8.85. The van der Waals surface area contributed by atoms with E-state index in [1.807, 2.05) is 0 Å². The largest absolute Gasteiger partial charge is 0.451 e. The molecule has 0 aliphatic heterocycles. The average Bonchev–Trinajstić information content (AvgIpc) is 2.85. The molecule has 0 spiro atoms. The van der Waals surface area contributed by atoms with Crippen molar-refractivity contribution in [1.29, 1.82) is 0 Å². The predicted molar refractivity (Wildman–Crippen MR) is 134 cm³/mol. The third-order valence-electron chi connectivity index (χ3n) is 5.25. The minimum absolute atomic E-state index is 0.132. The Kier molecular flexibility index (Phi) is 6.05. The van der Waals surface area contributed by atoms with E-state index >= 15 is 0 Å². The summed E-state index contributed by atoms with van der Waals surface area (Å²) in [5.74, 6) is -0.186. The summed E-state index contributed by atoms with van der Waals surface area (Å²) in [7, 11) is -8.99. The van der Waals surface area contributed by atoms with Crippen LogP contribution in [0.5, 0.6) is 11.5 Å². The van der Waals surface area contributed by atoms with E-state index in [1.165, 1.54) is 54.6 Å². The molecule has 0 aliphatic carbocycles. The number of para-hydroxylation sites is 2. The molecular formula is C24H22N4O5S2. The molecule has 11 heteroatoms. The van der Waals surface area contributed by atoms with Crippen molar-refractivity contribution in [3.05, 3.63) is 84.9 Å². The van der Waals surface area contributed by atoms with Gasteiger partial charge in [0.05, 0.1) is 26.9 Å². The Labute approximate surface area is 202 Å². The maximum Gasteiger partial charge on any atom is 0.210 e. The summed E-state index contributed by atoms with van der Waals surface area (Å²) in [6, 6.07) is 20.9. The Morgan fingerprint density at radius 1 is 0.514 bits per heavy atom. The number of nitrogens with two attached hydrogens (primary N) is 4. The number of anilines is 4. The zero-order valence-corrected chi connectivity index (χ0v) is 19.9. The van der Waals surface area contributed by atoms with E-state index in [1.54, 1.807) is 30.3 Å². The lowest BCUT2D eigenvalue weighted by molar-refractivity contribution is 0.487. The molecule has 0 aromatic heterocycles. The van der Waals surface area contributed by atoms with Gasteiger partial charge in [0.15, 0.2) is 11.5 Å². The zero-order valence-electron chi connectivity index (χ0n) is 18.3. The molecule has 0 aliphatic rings. The Balaban J connectivity index is 2.10. The van der Waals surface area contributed by atoms with Gasteiger partial charge < -0.3 is 27.7 Å². The van der Waals surface area contributed by atoms with Crippen LogP contribution >= 0.6 is 0 Å². The van der Waals surface area contributed by atoms with Crippen LogP contribution < -0.4 is 27.7 Å². The molecule has 4 aromatic rings. The summed E-state index contributed by atoms with van der Waals surface area (Å²) in [4.78, 5) is -1.83.